The predicted octanol–water partition coefficient (Wildman–Crippen LogP) is 13.1. The van der Waals surface area contributed by atoms with Crippen molar-refractivity contribution in [2.75, 3.05) is 130 Å². The summed E-state index contributed by atoms with van der Waals surface area (Å²) in [6.07, 6.45) is 8.82. The lowest BCUT2D eigenvalue weighted by molar-refractivity contribution is 0.0939. The molecule has 0 spiro atoms. The summed E-state index contributed by atoms with van der Waals surface area (Å²) in [7, 11) is 3.55. The van der Waals surface area contributed by atoms with Gasteiger partial charge in [0, 0.05) is 172 Å². The standard InChI is InChI=1S/C29H31F2N7O2.C28H29F2N7O2.C24H24F2N8O2/c1-3-37-10-12-38(13-11-37)20-8-6-18(7-9-20)35-27-24(28(39)36-19-4-5-19)29(33-16-32-27)40-23-15-22(30)26-21(25(23)31)14-17(2)34-26;1-16-13-20-24(30)22(14-21(29)25(20)33-16)39-28-23(27(38)35-18-3-4-18)26(31-15-32-28)34-17-5-7-19(8-6-17)37-11-9-36(2)10-12-37;1-13-9-15-20(26)17(10-16(25)21(15)32-13)36-24-19(23(35)27-2)22(30-12-31-24)33-18-4-3-14(11-29-18)34-7-5-28-6-8-34/h6-9,14-16,19,34H,3-5,10-13H2,1-2H3,(H,36,39)(H,32,33,35);5-8,13-15,18,33H,3-4,9-12H2,1-2H3,(H,35,38)(H,31,32,34);3-4,9-12,28,32H,5-8H2,1-2H3,(H,27,35)(H,29,30,31,33). The zero-order valence-corrected chi connectivity index (χ0v) is 63.8. The Labute approximate surface area is 656 Å². The summed E-state index contributed by atoms with van der Waals surface area (Å²) in [5, 5.41) is 21.1. The van der Waals surface area contributed by atoms with E-state index in [-0.39, 0.29) is 108 Å². The molecule has 3 saturated heterocycles. The number of aryl methyl sites for hydroxylation is 3. The van der Waals surface area contributed by atoms with Gasteiger partial charge < -0.3 is 90.9 Å². The van der Waals surface area contributed by atoms with E-state index in [2.05, 4.69) is 126 Å². The molecule has 596 valence electrons. The number of anilines is 9. The second-order valence-electron chi connectivity index (χ2n) is 28.6. The number of carbonyl (C=O) groups is 3. The lowest BCUT2D eigenvalue weighted by Gasteiger charge is -2.35. The number of nitrogens with one attached hydrogen (secondary N) is 10. The molecule has 2 saturated carbocycles. The number of H-pyrrole nitrogens is 3. The normalized spacial score (nSPS) is 15.2. The number of ether oxygens (including phenoxy) is 3. The molecule has 3 amide bonds. The number of aromatic amines is 3. The summed E-state index contributed by atoms with van der Waals surface area (Å²) >= 11 is 0. The van der Waals surface area contributed by atoms with Crippen LogP contribution >= 0.6 is 0 Å². The van der Waals surface area contributed by atoms with E-state index in [1.54, 1.807) is 33.0 Å². The molecule has 12 aromatic rings. The molecule has 5 aliphatic rings. The molecule has 115 heavy (non-hydrogen) atoms. The predicted molar refractivity (Wildman–Crippen MR) is 426 cm³/mol. The summed E-state index contributed by atoms with van der Waals surface area (Å²) in [4.78, 5) is 88.8. The second-order valence-corrected chi connectivity index (χ2v) is 28.6. The minimum Gasteiger partial charge on any atom is -0.435 e. The van der Waals surface area contributed by atoms with Gasteiger partial charge in [0.15, 0.2) is 69.6 Å². The van der Waals surface area contributed by atoms with Gasteiger partial charge in [0.25, 0.3) is 17.7 Å². The van der Waals surface area contributed by atoms with E-state index in [0.29, 0.717) is 34.3 Å². The number of pyridine rings is 1. The lowest BCUT2D eigenvalue weighted by Crippen LogP contribution is -2.46. The maximum Gasteiger partial charge on any atom is 0.260 e. The van der Waals surface area contributed by atoms with Crippen LogP contribution in [0.3, 0.4) is 0 Å². The highest BCUT2D eigenvalue weighted by atomic mass is 19.1. The average molecular weight is 1580 g/mol. The first-order valence-corrected chi connectivity index (χ1v) is 37.9. The van der Waals surface area contributed by atoms with Crippen LogP contribution in [-0.2, 0) is 0 Å². The number of fused-ring (bicyclic) bond motifs is 3. The molecular weight excluding hydrogens is 1490 g/mol. The van der Waals surface area contributed by atoms with Gasteiger partial charge in [0.05, 0.1) is 28.4 Å². The van der Waals surface area contributed by atoms with Crippen molar-refractivity contribution >= 4 is 102 Å². The van der Waals surface area contributed by atoms with E-state index >= 15 is 13.2 Å². The van der Waals surface area contributed by atoms with Crippen LogP contribution in [0.4, 0.5) is 78.1 Å². The molecule has 0 unspecified atom stereocenters. The molecule has 28 nitrogen and oxygen atoms in total. The minimum absolute atomic E-state index is 0.0118. The quantitative estimate of drug-likeness (QED) is 0.0299. The van der Waals surface area contributed by atoms with Crippen LogP contribution in [0, 0.1) is 55.7 Å². The van der Waals surface area contributed by atoms with Crippen LogP contribution in [0.2, 0.25) is 0 Å². The summed E-state index contributed by atoms with van der Waals surface area (Å²) in [5.41, 5.74) is 6.51. The third kappa shape index (κ3) is 17.7. The van der Waals surface area contributed by atoms with Crippen LogP contribution in [0.5, 0.6) is 34.9 Å². The largest absolute Gasteiger partial charge is 0.435 e. The Kier molecular flexibility index (Phi) is 22.8. The fraction of sp³-hybridized carbons (Fsp3) is 0.309. The fourth-order valence-electron chi connectivity index (χ4n) is 13.7. The van der Waals surface area contributed by atoms with Crippen molar-refractivity contribution in [1.82, 2.24) is 80.9 Å². The van der Waals surface area contributed by atoms with Crippen molar-refractivity contribution in [1.29, 1.82) is 0 Å². The molecule has 17 rings (SSSR count). The molecule has 0 bridgehead atoms. The van der Waals surface area contributed by atoms with E-state index in [9.17, 15) is 27.6 Å². The molecule has 0 radical (unpaired) electrons. The molecule has 7 aromatic heterocycles. The van der Waals surface area contributed by atoms with E-state index in [1.807, 2.05) is 54.6 Å². The highest BCUT2D eigenvalue weighted by Crippen LogP contribution is 2.40. The zero-order chi connectivity index (χ0) is 80.1. The second kappa shape index (κ2) is 33.9. The number of amides is 3. The van der Waals surface area contributed by atoms with Gasteiger partial charge in [-0.3, -0.25) is 14.4 Å². The van der Waals surface area contributed by atoms with Crippen LogP contribution in [-0.4, -0.2) is 189 Å². The summed E-state index contributed by atoms with van der Waals surface area (Å²) in [5.74, 6) is -6.63. The smallest absolute Gasteiger partial charge is 0.260 e. The van der Waals surface area contributed by atoms with Gasteiger partial charge in [-0.25, -0.2) is 61.2 Å². The molecule has 10 heterocycles. The summed E-state index contributed by atoms with van der Waals surface area (Å²) in [6, 6.07) is 26.8. The topological polar surface area (TPSA) is 317 Å². The van der Waals surface area contributed by atoms with E-state index in [1.165, 1.54) is 37.9 Å². The number of piperazine rings is 3. The first-order chi connectivity index (χ1) is 55.7. The van der Waals surface area contributed by atoms with Gasteiger partial charge in [0.1, 0.15) is 41.5 Å². The lowest BCUT2D eigenvalue weighted by atomic mass is 10.2. The van der Waals surface area contributed by atoms with Gasteiger partial charge >= 0.3 is 0 Å². The Bertz CT molecular complexity index is 5570. The van der Waals surface area contributed by atoms with Gasteiger partial charge in [-0.2, -0.15) is 0 Å². The highest BCUT2D eigenvalue weighted by Gasteiger charge is 2.33. The van der Waals surface area contributed by atoms with Crippen LogP contribution in [0.1, 0.15) is 80.8 Å². The third-order valence-electron chi connectivity index (χ3n) is 20.3. The van der Waals surface area contributed by atoms with Crippen LogP contribution in [0.15, 0.2) is 122 Å². The Morgan fingerprint density at radius 1 is 0.452 bits per heavy atom. The molecule has 10 N–H and O–H groups in total. The first-order valence-electron chi connectivity index (χ1n) is 37.9. The first kappa shape index (κ1) is 77.5. The maximum absolute atomic E-state index is 15.3. The van der Waals surface area contributed by atoms with Crippen molar-refractivity contribution < 1.29 is 54.9 Å². The van der Waals surface area contributed by atoms with Crippen molar-refractivity contribution in [3.8, 4) is 34.9 Å². The molecule has 5 aromatic carbocycles. The van der Waals surface area contributed by atoms with E-state index in [0.717, 1.165) is 152 Å². The summed E-state index contributed by atoms with van der Waals surface area (Å²) in [6.45, 7) is 19.8. The Morgan fingerprint density at radius 2 is 0.826 bits per heavy atom. The van der Waals surface area contributed by atoms with Crippen molar-refractivity contribution in [2.45, 2.75) is 65.5 Å². The van der Waals surface area contributed by atoms with Crippen LogP contribution in [0.25, 0.3) is 32.7 Å². The van der Waals surface area contributed by atoms with Crippen molar-refractivity contribution in [2.24, 2.45) is 0 Å². The molecule has 5 fully saturated rings. The maximum atomic E-state index is 15.3. The monoisotopic (exact) mass is 1570 g/mol. The number of hydrogen-bond acceptors (Lipinski definition) is 22. The zero-order valence-electron chi connectivity index (χ0n) is 63.8. The van der Waals surface area contributed by atoms with E-state index in [4.69, 9.17) is 14.2 Å². The fourth-order valence-corrected chi connectivity index (χ4v) is 13.7. The number of nitrogens with zero attached hydrogens (tertiary/aromatic N) is 12. The Balaban J connectivity index is 0.000000136. The third-order valence-corrected chi connectivity index (χ3v) is 20.3. The minimum atomic E-state index is -0.781. The van der Waals surface area contributed by atoms with Gasteiger partial charge in [-0.05, 0) is 139 Å². The van der Waals surface area contributed by atoms with Gasteiger partial charge in [-0.15, -0.1) is 0 Å². The van der Waals surface area contributed by atoms with Gasteiger partial charge in [-0.1, -0.05) is 6.92 Å². The van der Waals surface area contributed by atoms with Crippen molar-refractivity contribution in [3.63, 3.8) is 0 Å². The van der Waals surface area contributed by atoms with E-state index < -0.39 is 58.4 Å². The average Bonchev–Trinajstić information content (AvgIpc) is 1.08. The molecule has 34 heteroatoms. The van der Waals surface area contributed by atoms with Crippen molar-refractivity contribution in [3.05, 3.63) is 191 Å². The molecular formula is C81H84F6N22O6. The number of carbonyl (C=O) groups excluding carboxylic acids is 3. The Hall–Kier alpha value is -12.8. The Morgan fingerprint density at radius 3 is 1.20 bits per heavy atom. The SMILES string of the molecule is CCN1CCN(c2ccc(Nc3ncnc(Oc4cc(F)c5[nH]c(C)cc5c4F)c3C(=O)NC3CC3)cc2)CC1.CNC(=O)c1c(Nc2ccc(N3CCNCC3)cn2)ncnc1Oc1cc(F)c2[nH]c(C)cc2c1F.Cc1cc2c(F)c(Oc3ncnc(Nc4ccc(N5CCN(C)CC5)cc4)c3C(=O)NC3CC3)cc(F)c2[nH]1. The number of rotatable bonds is 21. The molecule has 3 aliphatic heterocycles. The number of hydrogen-bond donors (Lipinski definition) is 10. The summed E-state index contributed by atoms with van der Waals surface area (Å²) < 4.78 is 107. The number of aromatic nitrogens is 10. The molecule has 0 atom stereocenters. The highest BCUT2D eigenvalue weighted by molar-refractivity contribution is 6.04. The van der Waals surface area contributed by atoms with Gasteiger partial charge in [0.2, 0.25) is 17.6 Å². The van der Waals surface area contributed by atoms with Crippen LogP contribution < -0.4 is 66.1 Å². The number of benzene rings is 5. The number of halogens is 6. The molecule has 2 aliphatic carbocycles. The number of likely N-dealkylation sites (N-methyl/N-ethyl adjacent to an activating group) is 2.